The van der Waals surface area contributed by atoms with Gasteiger partial charge in [-0.25, -0.2) is 4.68 Å². The van der Waals surface area contributed by atoms with Crippen molar-refractivity contribution >= 4 is 11.6 Å². The van der Waals surface area contributed by atoms with Gasteiger partial charge in [0.1, 0.15) is 0 Å². The maximum absolute atomic E-state index is 6.10. The summed E-state index contributed by atoms with van der Waals surface area (Å²) in [6.07, 6.45) is 1.96. The van der Waals surface area contributed by atoms with Gasteiger partial charge in [0.2, 0.25) is 0 Å². The van der Waals surface area contributed by atoms with Crippen LogP contribution in [0.1, 0.15) is 44.9 Å². The van der Waals surface area contributed by atoms with Crippen LogP contribution in [-0.4, -0.2) is 16.3 Å². The predicted molar refractivity (Wildman–Crippen MR) is 89.2 cm³/mol. The van der Waals surface area contributed by atoms with E-state index in [9.17, 15) is 0 Å². The van der Waals surface area contributed by atoms with Crippen LogP contribution in [0.25, 0.3) is 5.69 Å². The highest BCUT2D eigenvalue weighted by Gasteiger charge is 2.15. The number of aromatic nitrogens is 2. The van der Waals surface area contributed by atoms with Gasteiger partial charge in [0.15, 0.2) is 0 Å². The van der Waals surface area contributed by atoms with E-state index < -0.39 is 0 Å². The average molecular weight is 306 g/mol. The Labute approximate surface area is 132 Å². The van der Waals surface area contributed by atoms with Crippen LogP contribution in [0.3, 0.4) is 0 Å². The second-order valence-electron chi connectivity index (χ2n) is 6.13. The number of nitrogens with one attached hydrogen (secondary N) is 1. The summed E-state index contributed by atoms with van der Waals surface area (Å²) >= 11 is 6.10. The molecule has 3 nitrogen and oxygen atoms in total. The first-order valence-electron chi connectivity index (χ1n) is 7.52. The molecule has 0 saturated heterocycles. The molecule has 0 saturated carbocycles. The molecular formula is C17H24ClN3. The third-order valence-electron chi connectivity index (χ3n) is 3.35. The molecule has 1 aromatic carbocycles. The summed E-state index contributed by atoms with van der Waals surface area (Å²) in [5.41, 5.74) is 3.51. The molecule has 0 aliphatic heterocycles. The lowest BCUT2D eigenvalue weighted by Crippen LogP contribution is -2.20. The normalized spacial score (nSPS) is 11.6. The van der Waals surface area contributed by atoms with Crippen LogP contribution >= 0.6 is 11.6 Å². The van der Waals surface area contributed by atoms with Crippen molar-refractivity contribution in [3.8, 4) is 5.69 Å². The first-order chi connectivity index (χ1) is 9.99. The molecule has 0 radical (unpaired) electrons. The smallest absolute Gasteiger partial charge is 0.0663 e. The molecule has 0 unspecified atom stereocenters. The minimum Gasteiger partial charge on any atom is -0.312 e. The van der Waals surface area contributed by atoms with Crippen molar-refractivity contribution in [2.24, 2.45) is 5.92 Å². The summed E-state index contributed by atoms with van der Waals surface area (Å²) in [5, 5.41) is 8.79. The van der Waals surface area contributed by atoms with Crippen molar-refractivity contribution in [1.82, 2.24) is 15.1 Å². The maximum Gasteiger partial charge on any atom is 0.0663 e. The number of hydrogen-bond acceptors (Lipinski definition) is 2. The monoisotopic (exact) mass is 305 g/mol. The summed E-state index contributed by atoms with van der Waals surface area (Å²) < 4.78 is 2.00. The van der Waals surface area contributed by atoms with Crippen LogP contribution in [-0.2, 0) is 6.54 Å². The third kappa shape index (κ3) is 4.08. The molecular weight excluding hydrogens is 282 g/mol. The summed E-state index contributed by atoms with van der Waals surface area (Å²) in [5.74, 6) is 1.05. The number of benzene rings is 1. The van der Waals surface area contributed by atoms with Crippen molar-refractivity contribution in [2.45, 2.75) is 40.2 Å². The first-order valence-corrected chi connectivity index (χ1v) is 7.90. The molecule has 0 bridgehead atoms. The molecule has 0 atom stereocenters. The Bertz CT molecular complexity index is 587. The molecule has 0 aliphatic rings. The maximum atomic E-state index is 6.10. The van der Waals surface area contributed by atoms with Gasteiger partial charge < -0.3 is 5.32 Å². The summed E-state index contributed by atoms with van der Waals surface area (Å²) in [6, 6.07) is 7.83. The number of halogens is 1. The van der Waals surface area contributed by atoms with E-state index in [1.807, 2.05) is 35.1 Å². The van der Waals surface area contributed by atoms with Crippen LogP contribution in [0.5, 0.6) is 0 Å². The highest BCUT2D eigenvalue weighted by molar-refractivity contribution is 6.30. The zero-order valence-corrected chi connectivity index (χ0v) is 14.0. The van der Waals surface area contributed by atoms with E-state index in [0.29, 0.717) is 11.8 Å². The minimum absolute atomic E-state index is 0.405. The Kier molecular flexibility index (Phi) is 5.43. The van der Waals surface area contributed by atoms with E-state index >= 15 is 0 Å². The van der Waals surface area contributed by atoms with Gasteiger partial charge in [0.05, 0.1) is 17.6 Å². The Hall–Kier alpha value is -1.32. The van der Waals surface area contributed by atoms with Crippen molar-refractivity contribution in [3.63, 3.8) is 0 Å². The van der Waals surface area contributed by atoms with Gasteiger partial charge in [-0.05, 0) is 36.6 Å². The Morgan fingerprint density at radius 1 is 1.24 bits per heavy atom. The number of nitrogens with zero attached hydrogens (tertiary/aromatic N) is 2. The largest absolute Gasteiger partial charge is 0.312 e. The lowest BCUT2D eigenvalue weighted by Gasteiger charge is -2.14. The SMILES string of the molecule is CC(C)CNCc1cnn(-c2cccc(Cl)c2)c1C(C)C. The van der Waals surface area contributed by atoms with E-state index in [1.165, 1.54) is 11.3 Å². The Morgan fingerprint density at radius 2 is 2.00 bits per heavy atom. The third-order valence-corrected chi connectivity index (χ3v) is 3.59. The molecule has 0 aliphatic carbocycles. The standard InChI is InChI=1S/C17H24ClN3/c1-12(2)9-19-10-14-11-20-21(17(14)13(3)4)16-7-5-6-15(18)8-16/h5-8,11-13,19H,9-10H2,1-4H3. The van der Waals surface area contributed by atoms with Gasteiger partial charge in [0, 0.05) is 17.1 Å². The highest BCUT2D eigenvalue weighted by atomic mass is 35.5. The van der Waals surface area contributed by atoms with E-state index in [-0.39, 0.29) is 0 Å². The summed E-state index contributed by atoms with van der Waals surface area (Å²) in [4.78, 5) is 0. The summed E-state index contributed by atoms with van der Waals surface area (Å²) in [6.45, 7) is 10.7. The van der Waals surface area contributed by atoms with Crippen LogP contribution in [0.15, 0.2) is 30.5 Å². The van der Waals surface area contributed by atoms with Crippen molar-refractivity contribution in [2.75, 3.05) is 6.54 Å². The highest BCUT2D eigenvalue weighted by Crippen LogP contribution is 2.24. The summed E-state index contributed by atoms with van der Waals surface area (Å²) in [7, 11) is 0. The fraction of sp³-hybridized carbons (Fsp3) is 0.471. The van der Waals surface area contributed by atoms with Gasteiger partial charge in [-0.1, -0.05) is 45.4 Å². The zero-order chi connectivity index (χ0) is 15.4. The zero-order valence-electron chi connectivity index (χ0n) is 13.2. The van der Waals surface area contributed by atoms with Gasteiger partial charge in [0.25, 0.3) is 0 Å². The van der Waals surface area contributed by atoms with Gasteiger partial charge >= 0.3 is 0 Å². The lowest BCUT2D eigenvalue weighted by atomic mass is 10.1. The van der Waals surface area contributed by atoms with E-state index in [4.69, 9.17) is 11.6 Å². The molecule has 2 rings (SSSR count). The van der Waals surface area contributed by atoms with Crippen LogP contribution in [0.2, 0.25) is 5.02 Å². The topological polar surface area (TPSA) is 29.9 Å². The second kappa shape index (κ2) is 7.10. The van der Waals surface area contributed by atoms with Gasteiger partial charge in [-0.3, -0.25) is 0 Å². The fourth-order valence-electron chi connectivity index (χ4n) is 2.45. The van der Waals surface area contributed by atoms with Crippen LogP contribution in [0, 0.1) is 5.92 Å². The van der Waals surface area contributed by atoms with Crippen molar-refractivity contribution in [1.29, 1.82) is 0 Å². The second-order valence-corrected chi connectivity index (χ2v) is 6.56. The molecule has 21 heavy (non-hydrogen) atoms. The molecule has 0 spiro atoms. The van der Waals surface area contributed by atoms with Gasteiger partial charge in [-0.15, -0.1) is 0 Å². The van der Waals surface area contributed by atoms with E-state index in [0.717, 1.165) is 23.8 Å². The molecule has 1 aromatic heterocycles. The van der Waals surface area contributed by atoms with Gasteiger partial charge in [-0.2, -0.15) is 5.10 Å². The molecule has 0 amide bonds. The number of hydrogen-bond donors (Lipinski definition) is 1. The molecule has 2 aromatic rings. The molecule has 114 valence electrons. The molecule has 1 heterocycles. The van der Waals surface area contributed by atoms with Crippen molar-refractivity contribution in [3.05, 3.63) is 46.7 Å². The quantitative estimate of drug-likeness (QED) is 0.857. The lowest BCUT2D eigenvalue weighted by molar-refractivity contribution is 0.549. The van der Waals surface area contributed by atoms with Crippen LogP contribution in [0.4, 0.5) is 0 Å². The predicted octanol–water partition coefficient (Wildman–Crippen LogP) is 4.39. The average Bonchev–Trinajstić information content (AvgIpc) is 2.82. The Balaban J connectivity index is 2.28. The molecule has 4 heteroatoms. The number of rotatable bonds is 6. The molecule has 0 fully saturated rings. The minimum atomic E-state index is 0.405. The van der Waals surface area contributed by atoms with E-state index in [2.05, 4.69) is 38.1 Å². The Morgan fingerprint density at radius 3 is 2.62 bits per heavy atom. The molecule has 1 N–H and O–H groups in total. The van der Waals surface area contributed by atoms with E-state index in [1.54, 1.807) is 0 Å². The van der Waals surface area contributed by atoms with Crippen molar-refractivity contribution < 1.29 is 0 Å². The first kappa shape index (κ1) is 16.1. The fourth-order valence-corrected chi connectivity index (χ4v) is 2.64. The van der Waals surface area contributed by atoms with Crippen LogP contribution < -0.4 is 5.32 Å².